The average molecular weight is 345 g/mol. The molecule has 0 bridgehead atoms. The maximum Gasteiger partial charge on any atom is 0.0502 e. The smallest absolute Gasteiger partial charge is 0.0502 e. The van der Waals surface area contributed by atoms with Crippen LogP contribution in [0.2, 0.25) is 0 Å². The Morgan fingerprint density at radius 1 is 0.783 bits per heavy atom. The maximum atomic E-state index is 2.70. The van der Waals surface area contributed by atoms with E-state index in [0.29, 0.717) is 0 Å². The van der Waals surface area contributed by atoms with Crippen molar-refractivity contribution >= 4 is 24.5 Å². The van der Waals surface area contributed by atoms with E-state index in [1.165, 1.54) is 67.3 Å². The van der Waals surface area contributed by atoms with Gasteiger partial charge in [-0.2, -0.15) is 0 Å². The molecule has 0 heterocycles. The summed E-state index contributed by atoms with van der Waals surface area (Å²) in [5.41, 5.74) is 5.20. The molecule has 2 aromatic rings. The van der Waals surface area contributed by atoms with Crippen molar-refractivity contribution in [3.8, 4) is 11.1 Å². The lowest BCUT2D eigenvalue weighted by atomic mass is 10.00. The molecular formula is C20H29NP2. The Balaban J connectivity index is 1.92. The fourth-order valence-electron chi connectivity index (χ4n) is 2.90. The molecule has 2 atom stereocenters. The zero-order chi connectivity index (χ0) is 16.5. The molecule has 0 aliphatic rings. The van der Waals surface area contributed by atoms with E-state index in [1.807, 2.05) is 4.44 Å². The zero-order valence-electron chi connectivity index (χ0n) is 14.2. The molecule has 2 aromatic carbocycles. The zero-order valence-corrected chi connectivity index (χ0v) is 16.5. The largest absolute Gasteiger partial charge is 0.340 e. The lowest BCUT2D eigenvalue weighted by Gasteiger charge is -2.17. The quantitative estimate of drug-likeness (QED) is 0.363. The number of anilines is 1. The maximum absolute atomic E-state index is 2.70. The van der Waals surface area contributed by atoms with Gasteiger partial charge in [0.15, 0.2) is 0 Å². The van der Waals surface area contributed by atoms with Crippen molar-refractivity contribution in [3.63, 3.8) is 0 Å². The van der Waals surface area contributed by atoms with E-state index in [4.69, 9.17) is 0 Å². The van der Waals surface area contributed by atoms with Gasteiger partial charge in [-0.3, -0.25) is 0 Å². The molecular weight excluding hydrogens is 316 g/mol. The highest BCUT2D eigenvalue weighted by atomic mass is 31.1. The van der Waals surface area contributed by atoms with E-state index in [-0.39, 0.29) is 0 Å². The van der Waals surface area contributed by atoms with Crippen molar-refractivity contribution in [2.75, 3.05) is 4.44 Å². The van der Waals surface area contributed by atoms with E-state index in [9.17, 15) is 0 Å². The van der Waals surface area contributed by atoms with Crippen LogP contribution in [-0.4, -0.2) is 0 Å². The molecule has 0 amide bonds. The Hall–Kier alpha value is -0.900. The van der Waals surface area contributed by atoms with Crippen LogP contribution in [0.3, 0.4) is 0 Å². The van der Waals surface area contributed by atoms with Gasteiger partial charge in [0.1, 0.15) is 0 Å². The first-order chi connectivity index (χ1) is 11.2. The highest BCUT2D eigenvalue weighted by Gasteiger charge is 2.06. The molecule has 0 aliphatic carbocycles. The predicted octanol–water partition coefficient (Wildman–Crippen LogP) is 6.64. The van der Waals surface area contributed by atoms with Crippen LogP contribution in [0, 0.1) is 0 Å². The van der Waals surface area contributed by atoms with E-state index in [0.717, 1.165) is 0 Å². The van der Waals surface area contributed by atoms with Gasteiger partial charge in [0.05, 0.1) is 5.69 Å². The van der Waals surface area contributed by atoms with Gasteiger partial charge in [-0.05, 0) is 48.8 Å². The fourth-order valence-corrected chi connectivity index (χ4v) is 3.35. The van der Waals surface area contributed by atoms with Gasteiger partial charge in [-0.25, -0.2) is 0 Å². The van der Waals surface area contributed by atoms with Crippen molar-refractivity contribution < 1.29 is 0 Å². The summed E-state index contributed by atoms with van der Waals surface area (Å²) in [4.78, 5) is 0. The summed E-state index contributed by atoms with van der Waals surface area (Å²) < 4.78 is 2.01. The fraction of sp³-hybridized carbons (Fsp3) is 0.400. The summed E-state index contributed by atoms with van der Waals surface area (Å²) in [6.07, 6.45) is 9.37. The number of hydrogen-bond donors (Lipinski definition) is 0. The molecule has 0 aliphatic heterocycles. The first-order valence-corrected chi connectivity index (χ1v) is 9.73. The van der Waals surface area contributed by atoms with E-state index >= 15 is 0 Å². The monoisotopic (exact) mass is 345 g/mol. The Kier molecular flexibility index (Phi) is 8.07. The summed E-state index contributed by atoms with van der Waals surface area (Å²) in [7, 11) is 5.41. The van der Waals surface area contributed by atoms with Crippen molar-refractivity contribution in [3.05, 3.63) is 54.1 Å². The third kappa shape index (κ3) is 5.91. The molecule has 0 saturated heterocycles. The Morgan fingerprint density at radius 3 is 2.13 bits per heavy atom. The minimum Gasteiger partial charge on any atom is -0.340 e. The molecule has 0 fully saturated rings. The Bertz CT molecular complexity index is 578. The second-order valence-electron chi connectivity index (χ2n) is 6.14. The summed E-state index contributed by atoms with van der Waals surface area (Å²) >= 11 is 0. The van der Waals surface area contributed by atoms with E-state index in [2.05, 4.69) is 74.2 Å². The standard InChI is InChI=1S/C20H29NP2/c1-2-3-4-5-6-7-10-17-13-15-18(16-14-17)19-11-8-9-12-20(19)21(22)23/h8-9,11-16H,2-7,10,22-23H2,1H3. The summed E-state index contributed by atoms with van der Waals surface area (Å²) in [5.74, 6) is 0. The molecule has 0 saturated carbocycles. The minimum absolute atomic E-state index is 1.20. The van der Waals surface area contributed by atoms with Crippen LogP contribution >= 0.6 is 18.8 Å². The summed E-state index contributed by atoms with van der Waals surface area (Å²) in [6.45, 7) is 2.27. The molecule has 0 N–H and O–H groups in total. The van der Waals surface area contributed by atoms with Crippen molar-refractivity contribution in [2.45, 2.75) is 51.9 Å². The number of hydrogen-bond acceptors (Lipinski definition) is 1. The topological polar surface area (TPSA) is 3.24 Å². The second-order valence-corrected chi connectivity index (χ2v) is 7.85. The van der Waals surface area contributed by atoms with Crippen LogP contribution in [-0.2, 0) is 6.42 Å². The van der Waals surface area contributed by atoms with Gasteiger partial charge in [-0.1, -0.05) is 81.5 Å². The first-order valence-electron chi connectivity index (χ1n) is 8.70. The van der Waals surface area contributed by atoms with Gasteiger partial charge >= 0.3 is 0 Å². The van der Waals surface area contributed by atoms with Crippen LogP contribution in [0.5, 0.6) is 0 Å². The molecule has 0 radical (unpaired) electrons. The van der Waals surface area contributed by atoms with Crippen LogP contribution in [0.4, 0.5) is 5.69 Å². The summed E-state index contributed by atoms with van der Waals surface area (Å²) in [6, 6.07) is 17.6. The van der Waals surface area contributed by atoms with Crippen LogP contribution in [0.1, 0.15) is 51.0 Å². The molecule has 1 nitrogen and oxygen atoms in total. The lowest BCUT2D eigenvalue weighted by Crippen LogP contribution is -1.93. The van der Waals surface area contributed by atoms with Crippen molar-refractivity contribution in [1.29, 1.82) is 0 Å². The first kappa shape index (κ1) is 18.4. The minimum atomic E-state index is 1.20. The normalized spacial score (nSPS) is 10.7. The molecule has 23 heavy (non-hydrogen) atoms. The Morgan fingerprint density at radius 2 is 1.43 bits per heavy atom. The second kappa shape index (κ2) is 10.1. The third-order valence-electron chi connectivity index (χ3n) is 4.27. The number of aryl methyl sites for hydroxylation is 1. The molecule has 124 valence electrons. The molecule has 3 heteroatoms. The van der Waals surface area contributed by atoms with Crippen molar-refractivity contribution in [1.82, 2.24) is 0 Å². The Labute approximate surface area is 146 Å². The van der Waals surface area contributed by atoms with Gasteiger partial charge in [0.2, 0.25) is 0 Å². The number of nitrogens with zero attached hydrogens (tertiary/aromatic N) is 1. The van der Waals surface area contributed by atoms with Crippen LogP contribution in [0.25, 0.3) is 11.1 Å². The van der Waals surface area contributed by atoms with Crippen LogP contribution in [0.15, 0.2) is 48.5 Å². The number of unbranched alkanes of at least 4 members (excludes halogenated alkanes) is 5. The predicted molar refractivity (Wildman–Crippen MR) is 111 cm³/mol. The van der Waals surface area contributed by atoms with Gasteiger partial charge in [-0.15, -0.1) is 0 Å². The summed E-state index contributed by atoms with van der Waals surface area (Å²) in [5, 5.41) is 0. The number of benzene rings is 2. The van der Waals surface area contributed by atoms with Gasteiger partial charge in [0.25, 0.3) is 0 Å². The SMILES string of the molecule is CCCCCCCCc1ccc(-c2ccccc2N(P)P)cc1. The van der Waals surface area contributed by atoms with Gasteiger partial charge < -0.3 is 4.44 Å². The van der Waals surface area contributed by atoms with E-state index in [1.54, 1.807) is 0 Å². The number of rotatable bonds is 9. The highest BCUT2D eigenvalue weighted by Crippen LogP contribution is 2.34. The van der Waals surface area contributed by atoms with Crippen molar-refractivity contribution in [2.24, 2.45) is 0 Å². The third-order valence-corrected chi connectivity index (χ3v) is 4.82. The number of para-hydroxylation sites is 1. The molecule has 0 spiro atoms. The highest BCUT2D eigenvalue weighted by molar-refractivity contribution is 7.39. The molecule has 0 aromatic heterocycles. The molecule has 2 rings (SSSR count). The average Bonchev–Trinajstić information content (AvgIpc) is 2.58. The van der Waals surface area contributed by atoms with Crippen LogP contribution < -0.4 is 4.44 Å². The van der Waals surface area contributed by atoms with E-state index < -0.39 is 0 Å². The lowest BCUT2D eigenvalue weighted by molar-refractivity contribution is 0.607. The molecule has 2 unspecified atom stereocenters. The van der Waals surface area contributed by atoms with Gasteiger partial charge in [0, 0.05) is 5.56 Å².